The standard InChI is InChI=1S/C18H20N4O3S/c23-16(20-7-9-21(10-8-20)17-19-6-11-26-17)12-22-15(13-25-18(22)24)14-4-2-1-3-5-14/h1-6,11,15H,7-10,12-13H2. The van der Waals surface area contributed by atoms with Crippen molar-refractivity contribution in [3.05, 3.63) is 47.5 Å². The molecule has 0 saturated carbocycles. The second-order valence-corrected chi connectivity index (χ2v) is 7.19. The number of hydrogen-bond donors (Lipinski definition) is 0. The summed E-state index contributed by atoms with van der Waals surface area (Å²) in [6, 6.07) is 9.49. The summed E-state index contributed by atoms with van der Waals surface area (Å²) in [6.07, 6.45) is 1.37. The lowest BCUT2D eigenvalue weighted by Gasteiger charge is -2.35. The molecule has 3 heterocycles. The number of nitrogens with zero attached hydrogens (tertiary/aromatic N) is 4. The number of thiazole rings is 1. The molecule has 8 heteroatoms. The molecule has 26 heavy (non-hydrogen) atoms. The van der Waals surface area contributed by atoms with E-state index in [0.29, 0.717) is 13.1 Å². The maximum absolute atomic E-state index is 12.7. The molecule has 1 aromatic heterocycles. The predicted octanol–water partition coefficient (Wildman–Crippen LogP) is 1.99. The van der Waals surface area contributed by atoms with Crippen LogP contribution in [0.25, 0.3) is 0 Å². The van der Waals surface area contributed by atoms with Crippen molar-refractivity contribution in [1.82, 2.24) is 14.8 Å². The van der Waals surface area contributed by atoms with Crippen molar-refractivity contribution in [2.75, 3.05) is 44.2 Å². The van der Waals surface area contributed by atoms with E-state index in [2.05, 4.69) is 9.88 Å². The van der Waals surface area contributed by atoms with E-state index >= 15 is 0 Å². The molecule has 136 valence electrons. The van der Waals surface area contributed by atoms with Gasteiger partial charge in [0.05, 0.1) is 6.04 Å². The van der Waals surface area contributed by atoms with Gasteiger partial charge in [-0.1, -0.05) is 30.3 Å². The Labute approximate surface area is 155 Å². The molecular weight excluding hydrogens is 352 g/mol. The highest BCUT2D eigenvalue weighted by molar-refractivity contribution is 7.13. The zero-order valence-electron chi connectivity index (χ0n) is 14.3. The molecule has 2 aromatic rings. The van der Waals surface area contributed by atoms with Crippen molar-refractivity contribution in [3.8, 4) is 0 Å². The fourth-order valence-corrected chi connectivity index (χ4v) is 4.04. The van der Waals surface area contributed by atoms with Crippen molar-refractivity contribution >= 4 is 28.5 Å². The molecule has 1 atom stereocenters. The van der Waals surface area contributed by atoms with E-state index in [9.17, 15) is 9.59 Å². The molecule has 2 amide bonds. The number of aromatic nitrogens is 1. The summed E-state index contributed by atoms with van der Waals surface area (Å²) in [4.78, 5) is 34.7. The Kier molecular flexibility index (Phi) is 4.75. The number of carbonyl (C=O) groups excluding carboxylic acids is 2. The van der Waals surface area contributed by atoms with Gasteiger partial charge < -0.3 is 14.5 Å². The van der Waals surface area contributed by atoms with Crippen LogP contribution in [0.4, 0.5) is 9.93 Å². The van der Waals surface area contributed by atoms with Crippen LogP contribution in [0.2, 0.25) is 0 Å². The fourth-order valence-electron chi connectivity index (χ4n) is 3.34. The molecule has 0 spiro atoms. The number of piperazine rings is 1. The lowest BCUT2D eigenvalue weighted by Crippen LogP contribution is -2.51. The monoisotopic (exact) mass is 372 g/mol. The van der Waals surface area contributed by atoms with E-state index in [-0.39, 0.29) is 25.1 Å². The van der Waals surface area contributed by atoms with Gasteiger partial charge >= 0.3 is 6.09 Å². The van der Waals surface area contributed by atoms with E-state index in [1.807, 2.05) is 40.6 Å². The lowest BCUT2D eigenvalue weighted by molar-refractivity contribution is -0.132. The minimum absolute atomic E-state index is 0.0384. The third kappa shape index (κ3) is 3.37. The van der Waals surface area contributed by atoms with Gasteiger partial charge in [-0.05, 0) is 5.56 Å². The molecule has 0 bridgehead atoms. The Balaban J connectivity index is 1.37. The minimum Gasteiger partial charge on any atom is -0.447 e. The highest BCUT2D eigenvalue weighted by atomic mass is 32.1. The van der Waals surface area contributed by atoms with Gasteiger partial charge in [0.1, 0.15) is 13.2 Å². The van der Waals surface area contributed by atoms with E-state index in [1.165, 1.54) is 4.90 Å². The van der Waals surface area contributed by atoms with Crippen LogP contribution < -0.4 is 4.90 Å². The third-order valence-electron chi connectivity index (χ3n) is 4.79. The zero-order chi connectivity index (χ0) is 17.9. The zero-order valence-corrected chi connectivity index (χ0v) is 15.1. The first-order valence-electron chi connectivity index (χ1n) is 8.63. The van der Waals surface area contributed by atoms with Gasteiger partial charge in [0, 0.05) is 37.8 Å². The summed E-state index contributed by atoms with van der Waals surface area (Å²) < 4.78 is 5.19. The first-order chi connectivity index (χ1) is 12.7. The Morgan fingerprint density at radius 2 is 1.96 bits per heavy atom. The number of carbonyl (C=O) groups is 2. The number of benzene rings is 1. The van der Waals surface area contributed by atoms with Crippen LogP contribution in [0.15, 0.2) is 41.9 Å². The first-order valence-corrected chi connectivity index (χ1v) is 9.51. The second-order valence-electron chi connectivity index (χ2n) is 6.31. The molecular formula is C18H20N4O3S. The number of amides is 2. The van der Waals surface area contributed by atoms with E-state index < -0.39 is 6.09 Å². The minimum atomic E-state index is -0.423. The lowest BCUT2D eigenvalue weighted by atomic mass is 10.1. The van der Waals surface area contributed by atoms with Gasteiger partial charge in [0.2, 0.25) is 5.91 Å². The smallest absolute Gasteiger partial charge is 0.410 e. The SMILES string of the molecule is O=C(CN1C(=O)OCC1c1ccccc1)N1CCN(c2nccs2)CC1. The van der Waals surface area contributed by atoms with Crippen LogP contribution in [0.1, 0.15) is 11.6 Å². The highest BCUT2D eigenvalue weighted by Gasteiger charge is 2.36. The number of hydrogen-bond acceptors (Lipinski definition) is 6. The largest absolute Gasteiger partial charge is 0.447 e. The molecule has 2 fully saturated rings. The van der Waals surface area contributed by atoms with Crippen molar-refractivity contribution < 1.29 is 14.3 Å². The number of anilines is 1. The van der Waals surface area contributed by atoms with Crippen molar-refractivity contribution in [2.45, 2.75) is 6.04 Å². The van der Waals surface area contributed by atoms with Gasteiger partial charge in [-0.2, -0.15) is 0 Å². The van der Waals surface area contributed by atoms with E-state index in [0.717, 1.165) is 23.8 Å². The first kappa shape index (κ1) is 16.8. The Morgan fingerprint density at radius 1 is 1.19 bits per heavy atom. The molecule has 2 saturated heterocycles. The molecule has 7 nitrogen and oxygen atoms in total. The maximum Gasteiger partial charge on any atom is 0.410 e. The van der Waals surface area contributed by atoms with Crippen molar-refractivity contribution in [3.63, 3.8) is 0 Å². The van der Waals surface area contributed by atoms with Crippen LogP contribution in [0.3, 0.4) is 0 Å². The highest BCUT2D eigenvalue weighted by Crippen LogP contribution is 2.27. The molecule has 1 aromatic carbocycles. The summed E-state index contributed by atoms with van der Waals surface area (Å²) in [5, 5.41) is 2.94. The van der Waals surface area contributed by atoms with Crippen LogP contribution in [0, 0.1) is 0 Å². The van der Waals surface area contributed by atoms with Crippen LogP contribution in [-0.4, -0.2) is 66.1 Å². The second kappa shape index (κ2) is 7.33. The average Bonchev–Trinajstić information content (AvgIpc) is 3.34. The summed E-state index contributed by atoms with van der Waals surface area (Å²) >= 11 is 1.61. The molecule has 2 aliphatic rings. The Morgan fingerprint density at radius 3 is 2.65 bits per heavy atom. The van der Waals surface area contributed by atoms with E-state index in [4.69, 9.17) is 4.74 Å². The molecule has 0 N–H and O–H groups in total. The van der Waals surface area contributed by atoms with Crippen molar-refractivity contribution in [2.24, 2.45) is 0 Å². The Bertz CT molecular complexity index is 760. The van der Waals surface area contributed by atoms with Crippen LogP contribution in [-0.2, 0) is 9.53 Å². The summed E-state index contributed by atoms with van der Waals surface area (Å²) in [5.74, 6) is -0.0384. The van der Waals surface area contributed by atoms with Crippen LogP contribution >= 0.6 is 11.3 Å². The van der Waals surface area contributed by atoms with E-state index in [1.54, 1.807) is 17.5 Å². The summed E-state index contributed by atoms with van der Waals surface area (Å²) in [7, 11) is 0. The van der Waals surface area contributed by atoms with Gasteiger partial charge in [-0.15, -0.1) is 11.3 Å². The fraction of sp³-hybridized carbons (Fsp3) is 0.389. The van der Waals surface area contributed by atoms with Gasteiger partial charge in [-0.3, -0.25) is 9.69 Å². The maximum atomic E-state index is 12.7. The third-order valence-corrected chi connectivity index (χ3v) is 5.62. The number of cyclic esters (lactones) is 1. The molecule has 1 unspecified atom stereocenters. The molecule has 0 aliphatic carbocycles. The van der Waals surface area contributed by atoms with Gasteiger partial charge in [-0.25, -0.2) is 9.78 Å². The quantitative estimate of drug-likeness (QED) is 0.821. The number of ether oxygens (including phenoxy) is 1. The Hall–Kier alpha value is -2.61. The average molecular weight is 372 g/mol. The van der Waals surface area contributed by atoms with Crippen LogP contribution in [0.5, 0.6) is 0 Å². The molecule has 4 rings (SSSR count). The predicted molar refractivity (Wildman–Crippen MR) is 98.1 cm³/mol. The number of rotatable bonds is 4. The van der Waals surface area contributed by atoms with Crippen molar-refractivity contribution in [1.29, 1.82) is 0 Å². The summed E-state index contributed by atoms with van der Waals surface area (Å²) in [6.45, 7) is 3.12. The summed E-state index contributed by atoms with van der Waals surface area (Å²) in [5.41, 5.74) is 0.986. The molecule has 2 aliphatic heterocycles. The van der Waals surface area contributed by atoms with Gasteiger partial charge in [0.25, 0.3) is 0 Å². The normalized spacial score (nSPS) is 20.4. The van der Waals surface area contributed by atoms with Gasteiger partial charge in [0.15, 0.2) is 5.13 Å². The molecule has 0 radical (unpaired) electrons. The topological polar surface area (TPSA) is 66.0 Å².